The minimum Gasteiger partial charge on any atom is -0.377 e. The number of benzene rings is 1. The van der Waals surface area contributed by atoms with Gasteiger partial charge < -0.3 is 10.0 Å². The average Bonchev–Trinajstić information content (AvgIpc) is 2.49. The molecule has 1 aliphatic heterocycles. The molecule has 1 saturated heterocycles. The summed E-state index contributed by atoms with van der Waals surface area (Å²) in [6, 6.07) is 9.58. The van der Waals surface area contributed by atoms with E-state index in [-0.39, 0.29) is 18.0 Å². The van der Waals surface area contributed by atoms with Crippen LogP contribution in [0.2, 0.25) is 0 Å². The van der Waals surface area contributed by atoms with Crippen LogP contribution in [0.4, 0.5) is 0 Å². The Morgan fingerprint density at radius 2 is 1.91 bits per heavy atom. The van der Waals surface area contributed by atoms with Crippen LogP contribution in [0.15, 0.2) is 36.5 Å². The molecule has 122 valence electrons. The number of β-lactam (4-membered cyclic amide) rings is 1. The third kappa shape index (κ3) is 2.16. The summed E-state index contributed by atoms with van der Waals surface area (Å²) in [5, 5.41) is 12.2. The zero-order valence-electron chi connectivity index (χ0n) is 14.4. The first-order chi connectivity index (χ1) is 10.7. The van der Waals surface area contributed by atoms with Gasteiger partial charge in [-0.1, -0.05) is 39.0 Å². The topological polar surface area (TPSA) is 53.4 Å². The van der Waals surface area contributed by atoms with Gasteiger partial charge in [0.15, 0.2) is 5.60 Å². The zero-order valence-corrected chi connectivity index (χ0v) is 14.4. The lowest BCUT2D eigenvalue weighted by Crippen LogP contribution is -2.74. The number of hydrogen-bond acceptors (Lipinski definition) is 3. The summed E-state index contributed by atoms with van der Waals surface area (Å²) in [7, 11) is 0. The van der Waals surface area contributed by atoms with E-state index in [0.717, 1.165) is 16.5 Å². The van der Waals surface area contributed by atoms with E-state index in [2.05, 4.69) is 4.98 Å². The number of fused-ring (bicyclic) bond motifs is 1. The number of rotatable bonds is 2. The van der Waals surface area contributed by atoms with Crippen molar-refractivity contribution in [2.45, 2.75) is 52.3 Å². The average molecular weight is 312 g/mol. The van der Waals surface area contributed by atoms with Crippen LogP contribution in [0.25, 0.3) is 10.9 Å². The molecule has 1 aromatic carbocycles. The molecular formula is C19H24N2O2. The maximum atomic E-state index is 12.7. The van der Waals surface area contributed by atoms with Crippen molar-refractivity contribution in [3.05, 3.63) is 42.1 Å². The van der Waals surface area contributed by atoms with Gasteiger partial charge in [-0.15, -0.1) is 0 Å². The van der Waals surface area contributed by atoms with Crippen LogP contribution >= 0.6 is 0 Å². The van der Waals surface area contributed by atoms with Gasteiger partial charge in [0, 0.05) is 23.0 Å². The highest BCUT2D eigenvalue weighted by atomic mass is 16.3. The summed E-state index contributed by atoms with van der Waals surface area (Å²) in [6.07, 6.45) is 1.78. The number of carbonyl (C=O) groups is 1. The van der Waals surface area contributed by atoms with Gasteiger partial charge in [0.2, 0.25) is 0 Å². The molecule has 0 radical (unpaired) electrons. The number of carbonyl (C=O) groups excluding carboxylic acids is 1. The maximum absolute atomic E-state index is 12.7. The summed E-state index contributed by atoms with van der Waals surface area (Å²) in [5.41, 5.74) is -0.153. The second-order valence-electron chi connectivity index (χ2n) is 7.69. The van der Waals surface area contributed by atoms with Gasteiger partial charge in [0.1, 0.15) is 0 Å². The van der Waals surface area contributed by atoms with Gasteiger partial charge in [-0.3, -0.25) is 9.78 Å². The van der Waals surface area contributed by atoms with Crippen LogP contribution in [0.3, 0.4) is 0 Å². The summed E-state index contributed by atoms with van der Waals surface area (Å²) in [6.45, 7) is 9.67. The minimum absolute atomic E-state index is 0.0293. The molecule has 0 bridgehead atoms. The van der Waals surface area contributed by atoms with Crippen molar-refractivity contribution in [2.24, 2.45) is 5.41 Å². The molecule has 23 heavy (non-hydrogen) atoms. The lowest BCUT2D eigenvalue weighted by Gasteiger charge is -2.60. The number of likely N-dealkylation sites (tertiary alicyclic amines) is 1. The number of aliphatic hydroxyl groups is 1. The summed E-state index contributed by atoms with van der Waals surface area (Å²) in [4.78, 5) is 18.9. The molecule has 1 aliphatic rings. The van der Waals surface area contributed by atoms with Crippen molar-refractivity contribution in [1.29, 1.82) is 0 Å². The fraction of sp³-hybridized carbons (Fsp3) is 0.474. The van der Waals surface area contributed by atoms with Crippen LogP contribution in [0.1, 0.15) is 46.2 Å². The summed E-state index contributed by atoms with van der Waals surface area (Å²) in [5.74, 6) is -0.196. The van der Waals surface area contributed by atoms with Crippen molar-refractivity contribution < 1.29 is 9.90 Å². The van der Waals surface area contributed by atoms with Gasteiger partial charge in [-0.25, -0.2) is 0 Å². The molecule has 0 aliphatic carbocycles. The lowest BCUT2D eigenvalue weighted by atomic mass is 9.63. The molecule has 0 saturated carbocycles. The van der Waals surface area contributed by atoms with Crippen molar-refractivity contribution in [2.75, 3.05) is 0 Å². The van der Waals surface area contributed by atoms with E-state index >= 15 is 0 Å². The third-order valence-corrected chi connectivity index (χ3v) is 4.86. The van der Waals surface area contributed by atoms with Gasteiger partial charge in [0.25, 0.3) is 5.91 Å². The van der Waals surface area contributed by atoms with Gasteiger partial charge in [-0.05, 0) is 31.5 Å². The Morgan fingerprint density at radius 1 is 1.26 bits per heavy atom. The molecule has 0 spiro atoms. The van der Waals surface area contributed by atoms with E-state index in [1.54, 1.807) is 11.1 Å². The molecule has 4 heteroatoms. The van der Waals surface area contributed by atoms with E-state index in [1.165, 1.54) is 0 Å². The van der Waals surface area contributed by atoms with E-state index < -0.39 is 11.0 Å². The minimum atomic E-state index is -1.40. The third-order valence-electron chi connectivity index (χ3n) is 4.86. The molecule has 1 aromatic heterocycles. The quantitative estimate of drug-likeness (QED) is 0.866. The normalized spacial score (nSPS) is 25.1. The predicted octanol–water partition coefficient (Wildman–Crippen LogP) is 3.30. The Kier molecular flexibility index (Phi) is 3.49. The van der Waals surface area contributed by atoms with Crippen LogP contribution in [0.5, 0.6) is 0 Å². The highest BCUT2D eigenvalue weighted by molar-refractivity contribution is 5.94. The number of para-hydroxylation sites is 1. The number of hydrogen-bond donors (Lipinski definition) is 1. The molecule has 1 N–H and O–H groups in total. The molecule has 2 unspecified atom stereocenters. The monoisotopic (exact) mass is 312 g/mol. The van der Waals surface area contributed by atoms with Crippen LogP contribution in [0, 0.1) is 5.41 Å². The predicted molar refractivity (Wildman–Crippen MR) is 90.9 cm³/mol. The molecular weight excluding hydrogens is 288 g/mol. The van der Waals surface area contributed by atoms with Crippen LogP contribution < -0.4 is 0 Å². The first-order valence-electron chi connectivity index (χ1n) is 8.07. The van der Waals surface area contributed by atoms with Gasteiger partial charge in [-0.2, -0.15) is 0 Å². The van der Waals surface area contributed by atoms with E-state index in [1.807, 2.05) is 65.0 Å². The van der Waals surface area contributed by atoms with Crippen molar-refractivity contribution in [3.8, 4) is 0 Å². The Morgan fingerprint density at radius 3 is 2.52 bits per heavy atom. The van der Waals surface area contributed by atoms with Crippen molar-refractivity contribution in [3.63, 3.8) is 0 Å². The SMILES string of the molecule is CC(C)N1C(=O)C(O)(C(C)(C)C)C1c1cnc2ccccc2c1. The fourth-order valence-electron chi connectivity index (χ4n) is 3.47. The second-order valence-corrected chi connectivity index (χ2v) is 7.69. The number of aromatic nitrogens is 1. The smallest absolute Gasteiger partial charge is 0.258 e. The first kappa shape index (κ1) is 15.9. The number of amides is 1. The summed E-state index contributed by atoms with van der Waals surface area (Å²) < 4.78 is 0. The highest BCUT2D eigenvalue weighted by Crippen LogP contribution is 2.53. The molecule has 1 amide bonds. The van der Waals surface area contributed by atoms with Gasteiger partial charge in [0.05, 0.1) is 11.6 Å². The summed E-state index contributed by atoms with van der Waals surface area (Å²) >= 11 is 0. The second kappa shape index (κ2) is 5.03. The van der Waals surface area contributed by atoms with Crippen LogP contribution in [-0.4, -0.2) is 32.5 Å². The van der Waals surface area contributed by atoms with Crippen LogP contribution in [-0.2, 0) is 4.79 Å². The molecule has 2 atom stereocenters. The van der Waals surface area contributed by atoms with Gasteiger partial charge >= 0.3 is 0 Å². The Balaban J connectivity index is 2.13. The highest BCUT2D eigenvalue weighted by Gasteiger charge is 2.66. The van der Waals surface area contributed by atoms with Crippen molar-refractivity contribution >= 4 is 16.8 Å². The fourth-order valence-corrected chi connectivity index (χ4v) is 3.47. The van der Waals surface area contributed by atoms with E-state index in [0.29, 0.717) is 0 Å². The first-order valence-corrected chi connectivity index (χ1v) is 8.07. The standard InChI is InChI=1S/C19H24N2O2/c1-12(2)21-16(19(23,17(21)22)18(3,4)5)14-10-13-8-6-7-9-15(13)20-11-14/h6-12,16,23H,1-5H3. The molecule has 2 heterocycles. The zero-order chi connectivity index (χ0) is 17.0. The van der Waals surface area contributed by atoms with E-state index in [9.17, 15) is 9.90 Å². The molecule has 3 rings (SSSR count). The lowest BCUT2D eigenvalue weighted by molar-refractivity contribution is -0.221. The molecule has 4 nitrogen and oxygen atoms in total. The van der Waals surface area contributed by atoms with E-state index in [4.69, 9.17) is 0 Å². The largest absolute Gasteiger partial charge is 0.377 e. The number of pyridine rings is 1. The Bertz CT molecular complexity index is 763. The van der Waals surface area contributed by atoms with Crippen molar-refractivity contribution in [1.82, 2.24) is 9.88 Å². The Labute approximate surface area is 137 Å². The maximum Gasteiger partial charge on any atom is 0.258 e. The number of nitrogens with zero attached hydrogens (tertiary/aromatic N) is 2. The molecule has 1 fully saturated rings. The molecule has 2 aromatic rings. The Hall–Kier alpha value is -1.94.